The van der Waals surface area contributed by atoms with Gasteiger partial charge >= 0.3 is 0 Å². The number of thiophene rings is 1. The van der Waals surface area contributed by atoms with Gasteiger partial charge in [0, 0.05) is 38.4 Å². The van der Waals surface area contributed by atoms with Gasteiger partial charge < -0.3 is 14.7 Å². The number of nitrogens with zero attached hydrogens (tertiary/aromatic N) is 5. The molecule has 5 rings (SSSR count). The van der Waals surface area contributed by atoms with Crippen molar-refractivity contribution in [1.29, 1.82) is 0 Å². The third-order valence-corrected chi connectivity index (χ3v) is 8.21. The highest BCUT2D eigenvalue weighted by Crippen LogP contribution is 2.29. The van der Waals surface area contributed by atoms with Crippen molar-refractivity contribution in [3.8, 4) is 0 Å². The van der Waals surface area contributed by atoms with Crippen molar-refractivity contribution in [2.24, 2.45) is 0 Å². The fraction of sp³-hybridized carbons (Fsp3) is 0.417. The number of amides is 2. The summed E-state index contributed by atoms with van der Waals surface area (Å²) in [5.41, 5.74) is 0.939. The topological polar surface area (TPSA) is 78.8 Å². The van der Waals surface area contributed by atoms with E-state index in [1.54, 1.807) is 24.0 Å². The Morgan fingerprint density at radius 1 is 1.17 bits per heavy atom. The van der Waals surface area contributed by atoms with E-state index < -0.39 is 17.5 Å². The number of hydrogen-bond acceptors (Lipinski definition) is 6. The first kappa shape index (κ1) is 24.6. The highest BCUT2D eigenvalue weighted by atomic mass is 35.5. The summed E-state index contributed by atoms with van der Waals surface area (Å²) in [6.45, 7) is 3.90. The molecule has 1 aromatic carbocycles. The van der Waals surface area contributed by atoms with Crippen molar-refractivity contribution in [3.63, 3.8) is 0 Å². The van der Waals surface area contributed by atoms with E-state index in [9.17, 15) is 23.2 Å². The normalized spacial score (nSPS) is 18.3. The first-order chi connectivity index (χ1) is 17.2. The minimum Gasteiger partial charge on any atom is -0.368 e. The Balaban J connectivity index is 1.31. The molecule has 2 aliphatic rings. The maximum absolute atomic E-state index is 13.5. The summed E-state index contributed by atoms with van der Waals surface area (Å²) in [4.78, 5) is 49.4. The van der Waals surface area contributed by atoms with Gasteiger partial charge in [-0.3, -0.25) is 19.0 Å². The third-order valence-electron chi connectivity index (χ3n) is 6.74. The fourth-order valence-electron chi connectivity index (χ4n) is 4.66. The maximum Gasteiger partial charge on any atom is 0.264 e. The molecule has 2 amide bonds. The second-order valence-electron chi connectivity index (χ2n) is 9.02. The molecular formula is C24H24ClF2N5O3S. The van der Waals surface area contributed by atoms with E-state index in [4.69, 9.17) is 11.6 Å². The van der Waals surface area contributed by atoms with Gasteiger partial charge in [0.05, 0.1) is 28.2 Å². The summed E-state index contributed by atoms with van der Waals surface area (Å²) in [6.07, 6.45) is 0.579. The molecule has 36 heavy (non-hydrogen) atoms. The molecule has 3 aromatic rings. The summed E-state index contributed by atoms with van der Waals surface area (Å²) in [6, 6.07) is 4.56. The molecule has 2 aliphatic heterocycles. The van der Waals surface area contributed by atoms with Crippen LogP contribution < -0.4 is 10.5 Å². The molecule has 0 unspecified atom stereocenters. The van der Waals surface area contributed by atoms with E-state index in [0.29, 0.717) is 59.8 Å². The van der Waals surface area contributed by atoms with E-state index in [-0.39, 0.29) is 29.9 Å². The predicted molar refractivity (Wildman–Crippen MR) is 134 cm³/mol. The Morgan fingerprint density at radius 2 is 1.92 bits per heavy atom. The molecule has 12 heteroatoms. The van der Waals surface area contributed by atoms with E-state index >= 15 is 0 Å². The van der Waals surface area contributed by atoms with Gasteiger partial charge in [0.25, 0.3) is 11.5 Å². The second-order valence-corrected chi connectivity index (χ2v) is 10.4. The Bertz CT molecular complexity index is 1400. The fourth-order valence-corrected chi connectivity index (χ4v) is 5.94. The van der Waals surface area contributed by atoms with E-state index in [1.165, 1.54) is 21.9 Å². The number of halogens is 3. The lowest BCUT2D eigenvalue weighted by Gasteiger charge is -2.36. The maximum atomic E-state index is 13.5. The van der Waals surface area contributed by atoms with E-state index in [2.05, 4.69) is 4.98 Å². The van der Waals surface area contributed by atoms with E-state index in [1.807, 2.05) is 4.90 Å². The van der Waals surface area contributed by atoms with Gasteiger partial charge in [-0.05, 0) is 37.1 Å². The number of anilines is 1. The SMILES string of the molecule is Cc1c(C(=O)N2CCN(c3ccc(F)c(Cl)c3)CC2)sc2ncn(CC(=O)N3CC[C@H](F)C3)c(=O)c12. The molecule has 2 fully saturated rings. The van der Waals surface area contributed by atoms with Crippen LogP contribution in [0, 0.1) is 12.7 Å². The van der Waals surface area contributed by atoms with Gasteiger partial charge in [-0.15, -0.1) is 11.3 Å². The van der Waals surface area contributed by atoms with Crippen molar-refractivity contribution in [2.45, 2.75) is 26.1 Å². The molecule has 0 saturated carbocycles. The van der Waals surface area contributed by atoms with Crippen LogP contribution in [0.2, 0.25) is 5.02 Å². The molecule has 0 aliphatic carbocycles. The third kappa shape index (κ3) is 4.57. The van der Waals surface area contributed by atoms with Crippen LogP contribution in [0.1, 0.15) is 21.7 Å². The molecule has 190 valence electrons. The first-order valence-electron chi connectivity index (χ1n) is 11.6. The number of benzene rings is 1. The molecule has 0 radical (unpaired) electrons. The number of aryl methyl sites for hydroxylation is 1. The lowest BCUT2D eigenvalue weighted by molar-refractivity contribution is -0.131. The second kappa shape index (κ2) is 9.78. The number of fused-ring (bicyclic) bond motifs is 1. The lowest BCUT2D eigenvalue weighted by atomic mass is 10.2. The number of carbonyl (C=O) groups is 2. The number of hydrogen-bond donors (Lipinski definition) is 0. The molecule has 0 bridgehead atoms. The Morgan fingerprint density at radius 3 is 2.58 bits per heavy atom. The summed E-state index contributed by atoms with van der Waals surface area (Å²) < 4.78 is 28.2. The van der Waals surface area contributed by atoms with E-state index in [0.717, 1.165) is 17.0 Å². The number of aromatic nitrogens is 2. The standard InChI is InChI=1S/C24H24ClF2N5O3S/c1-14-20-22(28-13-32(23(20)34)12-19(33)31-5-4-15(26)11-31)36-21(14)24(35)30-8-6-29(7-9-30)16-2-3-18(27)17(25)10-16/h2-3,10,13,15H,4-9,11-12H2,1H3/t15-/m0/s1. The van der Waals surface area contributed by atoms with Crippen molar-refractivity contribution < 1.29 is 18.4 Å². The van der Waals surface area contributed by atoms with Gasteiger partial charge in [-0.25, -0.2) is 13.8 Å². The highest BCUT2D eigenvalue weighted by molar-refractivity contribution is 7.20. The number of carbonyl (C=O) groups excluding carboxylic acids is 2. The summed E-state index contributed by atoms with van der Waals surface area (Å²) in [7, 11) is 0. The zero-order valence-corrected chi connectivity index (χ0v) is 21.1. The van der Waals surface area contributed by atoms with Crippen molar-refractivity contribution >= 4 is 50.7 Å². The smallest absolute Gasteiger partial charge is 0.264 e. The molecule has 0 N–H and O–H groups in total. The van der Waals surface area contributed by atoms with Crippen LogP contribution in [0.4, 0.5) is 14.5 Å². The van der Waals surface area contributed by atoms with Crippen LogP contribution in [-0.4, -0.2) is 76.6 Å². The molecule has 8 nitrogen and oxygen atoms in total. The Labute approximate surface area is 214 Å². The summed E-state index contributed by atoms with van der Waals surface area (Å²) in [5, 5.41) is 0.377. The summed E-state index contributed by atoms with van der Waals surface area (Å²) in [5.74, 6) is -0.987. The number of piperazine rings is 1. The molecule has 1 atom stereocenters. The van der Waals surface area contributed by atoms with Gasteiger partial charge in [0.2, 0.25) is 5.91 Å². The van der Waals surface area contributed by atoms with Crippen LogP contribution in [0.25, 0.3) is 10.2 Å². The van der Waals surface area contributed by atoms with Crippen LogP contribution in [-0.2, 0) is 11.3 Å². The van der Waals surface area contributed by atoms with Crippen LogP contribution in [0.3, 0.4) is 0 Å². The Hall–Kier alpha value is -3.05. The van der Waals surface area contributed by atoms with Gasteiger partial charge in [-0.2, -0.15) is 0 Å². The van der Waals surface area contributed by atoms with Crippen LogP contribution in [0.15, 0.2) is 29.3 Å². The Kier molecular flexibility index (Phi) is 6.69. The minimum atomic E-state index is -1.03. The lowest BCUT2D eigenvalue weighted by Crippen LogP contribution is -2.48. The average Bonchev–Trinajstić information content (AvgIpc) is 3.46. The summed E-state index contributed by atoms with van der Waals surface area (Å²) >= 11 is 7.07. The number of alkyl halides is 1. The largest absolute Gasteiger partial charge is 0.368 e. The molecule has 2 aromatic heterocycles. The quantitative estimate of drug-likeness (QED) is 0.513. The van der Waals surface area contributed by atoms with Gasteiger partial charge in [0.15, 0.2) is 0 Å². The molecule has 2 saturated heterocycles. The molecular weight excluding hydrogens is 512 g/mol. The minimum absolute atomic E-state index is 0.0425. The first-order valence-corrected chi connectivity index (χ1v) is 12.8. The van der Waals surface area contributed by atoms with Gasteiger partial charge in [0.1, 0.15) is 23.4 Å². The van der Waals surface area contributed by atoms with Gasteiger partial charge in [-0.1, -0.05) is 11.6 Å². The van der Waals surface area contributed by atoms with Crippen molar-refractivity contribution in [3.05, 3.63) is 56.2 Å². The van der Waals surface area contributed by atoms with Crippen LogP contribution >= 0.6 is 22.9 Å². The van der Waals surface area contributed by atoms with Crippen molar-refractivity contribution in [2.75, 3.05) is 44.2 Å². The molecule has 4 heterocycles. The molecule has 0 spiro atoms. The zero-order chi connectivity index (χ0) is 25.6. The predicted octanol–water partition coefficient (Wildman–Crippen LogP) is 3.09. The van der Waals surface area contributed by atoms with Crippen LogP contribution in [0.5, 0.6) is 0 Å². The zero-order valence-electron chi connectivity index (χ0n) is 19.5. The average molecular weight is 536 g/mol. The number of likely N-dealkylation sites (tertiary alicyclic amines) is 1. The monoisotopic (exact) mass is 535 g/mol. The highest BCUT2D eigenvalue weighted by Gasteiger charge is 2.29. The number of rotatable bonds is 4. The van der Waals surface area contributed by atoms with Crippen molar-refractivity contribution in [1.82, 2.24) is 19.4 Å².